The first-order valence-corrected chi connectivity index (χ1v) is 6.73. The summed E-state index contributed by atoms with van der Waals surface area (Å²) in [7, 11) is 0. The summed E-state index contributed by atoms with van der Waals surface area (Å²) in [5.41, 5.74) is 1.36. The standard InChI is InChI=1S/C14H20N4/c1-2-18-8-6-15-14(18)11-17-7-5-12(10-17)9-16-13-3-4-13/h5-8,10,13,16H,2-4,9,11H2,1H3. The van der Waals surface area contributed by atoms with Crippen molar-refractivity contribution in [3.63, 3.8) is 0 Å². The maximum atomic E-state index is 4.40. The molecule has 96 valence electrons. The fraction of sp³-hybridized carbons (Fsp3) is 0.500. The second kappa shape index (κ2) is 4.98. The molecular formula is C14H20N4. The molecule has 1 saturated carbocycles. The van der Waals surface area contributed by atoms with E-state index >= 15 is 0 Å². The maximum Gasteiger partial charge on any atom is 0.128 e. The second-order valence-electron chi connectivity index (χ2n) is 4.98. The van der Waals surface area contributed by atoms with Crippen LogP contribution in [-0.4, -0.2) is 20.2 Å². The summed E-state index contributed by atoms with van der Waals surface area (Å²) in [5.74, 6) is 1.12. The van der Waals surface area contributed by atoms with Gasteiger partial charge in [0, 0.05) is 43.9 Å². The molecule has 1 fully saturated rings. The zero-order valence-electron chi connectivity index (χ0n) is 10.8. The van der Waals surface area contributed by atoms with Gasteiger partial charge in [-0.05, 0) is 31.4 Å². The number of rotatable bonds is 6. The van der Waals surface area contributed by atoms with Gasteiger partial charge in [-0.2, -0.15) is 0 Å². The van der Waals surface area contributed by atoms with Crippen molar-refractivity contribution in [2.75, 3.05) is 0 Å². The van der Waals surface area contributed by atoms with Crippen LogP contribution in [0.1, 0.15) is 31.2 Å². The Morgan fingerprint density at radius 2 is 2.28 bits per heavy atom. The van der Waals surface area contributed by atoms with Crippen LogP contribution in [0.25, 0.3) is 0 Å². The first-order chi connectivity index (χ1) is 8.85. The summed E-state index contributed by atoms with van der Waals surface area (Å²) < 4.78 is 4.39. The van der Waals surface area contributed by atoms with E-state index in [0.717, 1.165) is 31.5 Å². The van der Waals surface area contributed by atoms with E-state index in [1.807, 2.05) is 12.4 Å². The van der Waals surface area contributed by atoms with Gasteiger partial charge in [0.1, 0.15) is 5.82 Å². The molecule has 1 aliphatic rings. The first-order valence-electron chi connectivity index (χ1n) is 6.73. The number of aryl methyl sites for hydroxylation is 1. The van der Waals surface area contributed by atoms with Crippen molar-refractivity contribution in [2.24, 2.45) is 0 Å². The molecule has 2 aromatic rings. The highest BCUT2D eigenvalue weighted by molar-refractivity contribution is 5.11. The molecule has 0 bridgehead atoms. The molecule has 0 unspecified atom stereocenters. The van der Waals surface area contributed by atoms with Gasteiger partial charge in [0.15, 0.2) is 0 Å². The minimum Gasteiger partial charge on any atom is -0.346 e. The van der Waals surface area contributed by atoms with Crippen LogP contribution in [0, 0.1) is 0 Å². The van der Waals surface area contributed by atoms with Crippen LogP contribution < -0.4 is 5.32 Å². The number of nitrogens with zero attached hydrogens (tertiary/aromatic N) is 3. The molecule has 1 aliphatic carbocycles. The lowest BCUT2D eigenvalue weighted by Crippen LogP contribution is -2.14. The normalized spacial score (nSPS) is 15.2. The molecule has 0 aromatic carbocycles. The third kappa shape index (κ3) is 2.64. The molecule has 0 spiro atoms. The molecular weight excluding hydrogens is 224 g/mol. The van der Waals surface area contributed by atoms with Crippen molar-refractivity contribution in [1.29, 1.82) is 0 Å². The van der Waals surface area contributed by atoms with Crippen LogP contribution >= 0.6 is 0 Å². The van der Waals surface area contributed by atoms with Crippen molar-refractivity contribution in [3.8, 4) is 0 Å². The maximum absolute atomic E-state index is 4.40. The second-order valence-corrected chi connectivity index (χ2v) is 4.98. The quantitative estimate of drug-likeness (QED) is 0.843. The molecule has 2 heterocycles. The molecule has 0 aliphatic heterocycles. The molecule has 0 saturated heterocycles. The van der Waals surface area contributed by atoms with Crippen molar-refractivity contribution < 1.29 is 0 Å². The van der Waals surface area contributed by atoms with Crippen molar-refractivity contribution in [1.82, 2.24) is 19.4 Å². The highest BCUT2D eigenvalue weighted by atomic mass is 15.1. The fourth-order valence-electron chi connectivity index (χ4n) is 2.19. The number of aromatic nitrogens is 3. The highest BCUT2D eigenvalue weighted by Crippen LogP contribution is 2.19. The first kappa shape index (κ1) is 11.5. The Morgan fingerprint density at radius 3 is 3.06 bits per heavy atom. The summed E-state index contributed by atoms with van der Waals surface area (Å²) in [6, 6.07) is 2.96. The van der Waals surface area contributed by atoms with E-state index in [9.17, 15) is 0 Å². The summed E-state index contributed by atoms with van der Waals surface area (Å²) in [6.07, 6.45) is 10.9. The number of imidazole rings is 1. The van der Waals surface area contributed by atoms with Crippen molar-refractivity contribution in [2.45, 2.75) is 45.4 Å². The predicted molar refractivity (Wildman–Crippen MR) is 71.3 cm³/mol. The van der Waals surface area contributed by atoms with Gasteiger partial charge in [-0.3, -0.25) is 0 Å². The van der Waals surface area contributed by atoms with Gasteiger partial charge in [0.05, 0.1) is 6.54 Å². The summed E-state index contributed by atoms with van der Waals surface area (Å²) in [5, 5.41) is 3.53. The van der Waals surface area contributed by atoms with Gasteiger partial charge in [-0.1, -0.05) is 0 Å². The van der Waals surface area contributed by atoms with Crippen LogP contribution in [0.5, 0.6) is 0 Å². The predicted octanol–water partition coefficient (Wildman–Crippen LogP) is 2.00. The lowest BCUT2D eigenvalue weighted by molar-refractivity contribution is 0.648. The zero-order valence-corrected chi connectivity index (χ0v) is 10.8. The number of hydrogen-bond acceptors (Lipinski definition) is 2. The Balaban J connectivity index is 1.61. The summed E-state index contributed by atoms with van der Waals surface area (Å²) in [6.45, 7) is 4.96. The van der Waals surface area contributed by atoms with Crippen LogP contribution in [0.2, 0.25) is 0 Å². The van der Waals surface area contributed by atoms with Gasteiger partial charge in [0.2, 0.25) is 0 Å². The van der Waals surface area contributed by atoms with Crippen LogP contribution in [0.3, 0.4) is 0 Å². The monoisotopic (exact) mass is 244 g/mol. The molecule has 0 radical (unpaired) electrons. The van der Waals surface area contributed by atoms with Crippen molar-refractivity contribution >= 4 is 0 Å². The van der Waals surface area contributed by atoms with E-state index in [4.69, 9.17) is 0 Å². The zero-order chi connectivity index (χ0) is 12.4. The van der Waals surface area contributed by atoms with Crippen molar-refractivity contribution in [3.05, 3.63) is 42.2 Å². The highest BCUT2D eigenvalue weighted by Gasteiger charge is 2.19. The lowest BCUT2D eigenvalue weighted by Gasteiger charge is -2.05. The van der Waals surface area contributed by atoms with Gasteiger partial charge < -0.3 is 14.5 Å². The minimum absolute atomic E-state index is 0.771. The van der Waals surface area contributed by atoms with Gasteiger partial charge in [-0.25, -0.2) is 4.98 Å². The molecule has 4 heteroatoms. The topological polar surface area (TPSA) is 34.8 Å². The van der Waals surface area contributed by atoms with Gasteiger partial charge in [0.25, 0.3) is 0 Å². The summed E-state index contributed by atoms with van der Waals surface area (Å²) >= 11 is 0. The SMILES string of the molecule is CCn1ccnc1Cn1ccc(CNC2CC2)c1. The fourth-order valence-corrected chi connectivity index (χ4v) is 2.19. The van der Waals surface area contributed by atoms with E-state index in [2.05, 4.69) is 44.8 Å². The Hall–Kier alpha value is -1.55. The number of nitrogens with one attached hydrogen (secondary N) is 1. The smallest absolute Gasteiger partial charge is 0.128 e. The van der Waals surface area contributed by atoms with E-state index in [0.29, 0.717) is 0 Å². The number of hydrogen-bond donors (Lipinski definition) is 1. The van der Waals surface area contributed by atoms with Gasteiger partial charge in [-0.15, -0.1) is 0 Å². The third-order valence-electron chi connectivity index (χ3n) is 3.45. The Morgan fingerprint density at radius 1 is 1.39 bits per heavy atom. The minimum atomic E-state index is 0.771. The molecule has 2 aromatic heterocycles. The van der Waals surface area contributed by atoms with Gasteiger partial charge >= 0.3 is 0 Å². The molecule has 0 amide bonds. The molecule has 3 rings (SSSR count). The van der Waals surface area contributed by atoms with E-state index in [1.54, 1.807) is 0 Å². The Labute approximate surface area is 108 Å². The lowest BCUT2D eigenvalue weighted by atomic mass is 10.3. The largest absolute Gasteiger partial charge is 0.346 e. The van der Waals surface area contributed by atoms with E-state index in [1.165, 1.54) is 18.4 Å². The Bertz CT molecular complexity index is 507. The molecule has 18 heavy (non-hydrogen) atoms. The van der Waals surface area contributed by atoms with E-state index < -0.39 is 0 Å². The molecule has 4 nitrogen and oxygen atoms in total. The molecule has 0 atom stereocenters. The summed E-state index contributed by atoms with van der Waals surface area (Å²) in [4.78, 5) is 4.40. The van der Waals surface area contributed by atoms with Crippen LogP contribution in [0.15, 0.2) is 30.9 Å². The van der Waals surface area contributed by atoms with Crippen LogP contribution in [0.4, 0.5) is 0 Å². The molecule has 1 N–H and O–H groups in total. The van der Waals surface area contributed by atoms with E-state index in [-0.39, 0.29) is 0 Å². The average Bonchev–Trinajstić information content (AvgIpc) is 2.93. The third-order valence-corrected chi connectivity index (χ3v) is 3.45. The Kier molecular flexibility index (Phi) is 3.19. The van der Waals surface area contributed by atoms with Crippen LogP contribution in [-0.2, 0) is 19.6 Å². The average molecular weight is 244 g/mol.